The van der Waals surface area contributed by atoms with E-state index in [-0.39, 0.29) is 0 Å². The highest BCUT2D eigenvalue weighted by molar-refractivity contribution is 5.57. The van der Waals surface area contributed by atoms with Gasteiger partial charge >= 0.3 is 0 Å². The van der Waals surface area contributed by atoms with Crippen molar-refractivity contribution in [2.24, 2.45) is 0 Å². The van der Waals surface area contributed by atoms with E-state index in [1.165, 1.54) is 37.8 Å². The Kier molecular flexibility index (Phi) is 4.27. The van der Waals surface area contributed by atoms with Gasteiger partial charge in [-0.3, -0.25) is 10.1 Å². The number of H-pyrrole nitrogens is 1. The molecule has 0 aliphatic heterocycles. The molecule has 3 aromatic rings. The van der Waals surface area contributed by atoms with Gasteiger partial charge in [-0.2, -0.15) is 15.1 Å². The van der Waals surface area contributed by atoms with Gasteiger partial charge in [-0.1, -0.05) is 19.3 Å². The fraction of sp³-hybridized carbons (Fsp3) is 0.450. The summed E-state index contributed by atoms with van der Waals surface area (Å²) in [6.45, 7) is 0. The first-order valence-corrected chi connectivity index (χ1v) is 9.84. The quantitative estimate of drug-likeness (QED) is 0.703. The Morgan fingerprint density at radius 1 is 0.889 bits per heavy atom. The molecule has 27 heavy (non-hydrogen) atoms. The van der Waals surface area contributed by atoms with Gasteiger partial charge in [0.15, 0.2) is 11.6 Å². The van der Waals surface area contributed by atoms with Crippen LogP contribution in [0.1, 0.15) is 68.3 Å². The number of aromatic amines is 1. The van der Waals surface area contributed by atoms with E-state index >= 15 is 0 Å². The monoisotopic (exact) mass is 361 g/mol. The van der Waals surface area contributed by atoms with Crippen LogP contribution < -0.4 is 5.32 Å². The molecule has 0 saturated heterocycles. The second-order valence-electron chi connectivity index (χ2n) is 7.52. The highest BCUT2D eigenvalue weighted by atomic mass is 15.2. The van der Waals surface area contributed by atoms with E-state index in [9.17, 15) is 0 Å². The molecule has 7 heteroatoms. The molecule has 0 spiro atoms. The second kappa shape index (κ2) is 7.06. The summed E-state index contributed by atoms with van der Waals surface area (Å²) in [6.07, 6.45) is 12.1. The summed E-state index contributed by atoms with van der Waals surface area (Å²) in [4.78, 5) is 18.3. The van der Waals surface area contributed by atoms with Crippen LogP contribution >= 0.6 is 0 Å². The van der Waals surface area contributed by atoms with E-state index in [2.05, 4.69) is 31.5 Å². The van der Waals surface area contributed by atoms with Crippen LogP contribution in [0.4, 0.5) is 11.8 Å². The Labute approximate surface area is 158 Å². The van der Waals surface area contributed by atoms with E-state index in [1.54, 1.807) is 12.4 Å². The lowest BCUT2D eigenvalue weighted by Crippen LogP contribution is -2.12. The van der Waals surface area contributed by atoms with Crippen molar-refractivity contribution in [2.45, 2.75) is 56.8 Å². The molecule has 0 unspecified atom stereocenters. The predicted molar refractivity (Wildman–Crippen MR) is 103 cm³/mol. The van der Waals surface area contributed by atoms with Crippen molar-refractivity contribution in [1.82, 2.24) is 30.1 Å². The van der Waals surface area contributed by atoms with Crippen molar-refractivity contribution in [3.63, 3.8) is 0 Å². The third-order valence-corrected chi connectivity index (χ3v) is 5.42. The Morgan fingerprint density at radius 3 is 2.48 bits per heavy atom. The highest BCUT2D eigenvalue weighted by Crippen LogP contribution is 2.39. The van der Waals surface area contributed by atoms with Crippen LogP contribution in [0.15, 0.2) is 30.6 Å². The summed E-state index contributed by atoms with van der Waals surface area (Å²) >= 11 is 0. The normalized spacial score (nSPS) is 17.8. The number of nitrogens with one attached hydrogen (secondary N) is 2. The SMILES string of the molecule is c1cc(-c2nc(Nc3cc(C4CC4)[nH]n3)nc(C3CCCCC3)n2)ccn1. The summed E-state index contributed by atoms with van der Waals surface area (Å²) in [5.74, 6) is 3.94. The molecule has 0 amide bonds. The van der Waals surface area contributed by atoms with E-state index < -0.39 is 0 Å². The predicted octanol–water partition coefficient (Wildman–Crippen LogP) is 4.33. The Hall–Kier alpha value is -2.83. The number of aromatic nitrogens is 6. The molecule has 2 aliphatic rings. The van der Waals surface area contributed by atoms with Gasteiger partial charge in [0.2, 0.25) is 5.95 Å². The van der Waals surface area contributed by atoms with Crippen LogP contribution in [0.5, 0.6) is 0 Å². The van der Waals surface area contributed by atoms with Crippen molar-refractivity contribution in [1.29, 1.82) is 0 Å². The molecule has 2 fully saturated rings. The molecule has 3 heterocycles. The lowest BCUT2D eigenvalue weighted by atomic mass is 9.89. The maximum absolute atomic E-state index is 4.79. The van der Waals surface area contributed by atoms with Gasteiger partial charge in [-0.15, -0.1) is 0 Å². The zero-order valence-electron chi connectivity index (χ0n) is 15.2. The molecule has 138 valence electrons. The van der Waals surface area contributed by atoms with E-state index in [1.807, 2.05) is 12.1 Å². The average Bonchev–Trinajstić information content (AvgIpc) is 3.48. The lowest BCUT2D eigenvalue weighted by Gasteiger charge is -2.20. The van der Waals surface area contributed by atoms with Crippen LogP contribution in [0.25, 0.3) is 11.4 Å². The number of pyridine rings is 1. The Bertz CT molecular complexity index is 911. The van der Waals surface area contributed by atoms with E-state index in [0.29, 0.717) is 23.6 Å². The molecule has 2 aliphatic carbocycles. The van der Waals surface area contributed by atoms with Gasteiger partial charge in [0.1, 0.15) is 5.82 Å². The van der Waals surface area contributed by atoms with Crippen LogP contribution in [-0.4, -0.2) is 30.1 Å². The first-order chi connectivity index (χ1) is 13.3. The molecular formula is C20H23N7. The third kappa shape index (κ3) is 3.67. The van der Waals surface area contributed by atoms with Gasteiger partial charge in [-0.05, 0) is 37.8 Å². The van der Waals surface area contributed by atoms with Crippen molar-refractivity contribution >= 4 is 11.8 Å². The van der Waals surface area contributed by atoms with Crippen molar-refractivity contribution in [3.8, 4) is 11.4 Å². The number of anilines is 2. The molecule has 0 atom stereocenters. The summed E-state index contributed by atoms with van der Waals surface area (Å²) in [5.41, 5.74) is 2.14. The van der Waals surface area contributed by atoms with E-state index in [4.69, 9.17) is 9.97 Å². The summed E-state index contributed by atoms with van der Waals surface area (Å²) in [7, 11) is 0. The van der Waals surface area contributed by atoms with Gasteiger partial charge in [0.25, 0.3) is 0 Å². The van der Waals surface area contributed by atoms with E-state index in [0.717, 1.165) is 30.0 Å². The maximum atomic E-state index is 4.79. The van der Waals surface area contributed by atoms with Crippen LogP contribution in [0, 0.1) is 0 Å². The van der Waals surface area contributed by atoms with Gasteiger partial charge in [0, 0.05) is 41.6 Å². The molecule has 5 rings (SSSR count). The van der Waals surface area contributed by atoms with Gasteiger partial charge in [-0.25, -0.2) is 4.98 Å². The number of hydrogen-bond donors (Lipinski definition) is 2. The molecule has 2 N–H and O–H groups in total. The van der Waals surface area contributed by atoms with Gasteiger partial charge < -0.3 is 5.32 Å². The highest BCUT2D eigenvalue weighted by Gasteiger charge is 2.26. The third-order valence-electron chi connectivity index (χ3n) is 5.42. The lowest BCUT2D eigenvalue weighted by molar-refractivity contribution is 0.428. The number of rotatable bonds is 5. The smallest absolute Gasteiger partial charge is 0.232 e. The molecule has 3 aromatic heterocycles. The minimum atomic E-state index is 0.407. The topological polar surface area (TPSA) is 92.3 Å². The first-order valence-electron chi connectivity index (χ1n) is 9.84. The minimum Gasteiger partial charge on any atom is -0.307 e. The fourth-order valence-electron chi connectivity index (χ4n) is 3.74. The second-order valence-corrected chi connectivity index (χ2v) is 7.52. The number of nitrogens with zero attached hydrogens (tertiary/aromatic N) is 5. The van der Waals surface area contributed by atoms with Crippen LogP contribution in [0.2, 0.25) is 0 Å². The van der Waals surface area contributed by atoms with Crippen molar-refractivity contribution < 1.29 is 0 Å². The molecule has 7 nitrogen and oxygen atoms in total. The van der Waals surface area contributed by atoms with Crippen molar-refractivity contribution in [2.75, 3.05) is 5.32 Å². The largest absolute Gasteiger partial charge is 0.307 e. The van der Waals surface area contributed by atoms with Gasteiger partial charge in [0.05, 0.1) is 0 Å². The molecule has 0 aromatic carbocycles. The average molecular weight is 361 g/mol. The zero-order chi connectivity index (χ0) is 18.1. The molecule has 2 saturated carbocycles. The Balaban J connectivity index is 1.48. The van der Waals surface area contributed by atoms with Crippen LogP contribution in [-0.2, 0) is 0 Å². The molecule has 0 radical (unpaired) electrons. The standard InChI is InChI=1S/C20H23N7/c1-2-4-14(5-3-1)18-23-19(15-8-10-21-11-9-15)25-20(24-18)22-17-12-16(26-27-17)13-6-7-13/h8-14H,1-7H2,(H2,22,23,24,25,26,27). The fourth-order valence-corrected chi connectivity index (χ4v) is 3.74. The summed E-state index contributed by atoms with van der Waals surface area (Å²) in [6, 6.07) is 5.93. The zero-order valence-corrected chi connectivity index (χ0v) is 15.2. The van der Waals surface area contributed by atoms with Crippen LogP contribution in [0.3, 0.4) is 0 Å². The minimum absolute atomic E-state index is 0.407. The van der Waals surface area contributed by atoms with Crippen molar-refractivity contribution in [3.05, 3.63) is 42.1 Å². The maximum Gasteiger partial charge on any atom is 0.232 e. The molecular weight excluding hydrogens is 338 g/mol. The summed E-state index contributed by atoms with van der Waals surface area (Å²) in [5, 5.41) is 10.8. The first kappa shape index (κ1) is 16.4. The molecule has 0 bridgehead atoms. The summed E-state index contributed by atoms with van der Waals surface area (Å²) < 4.78 is 0. The number of hydrogen-bond acceptors (Lipinski definition) is 6. The Morgan fingerprint density at radius 2 is 1.70 bits per heavy atom.